The van der Waals surface area contributed by atoms with Gasteiger partial charge in [0.1, 0.15) is 5.82 Å². The van der Waals surface area contributed by atoms with Crippen LogP contribution in [0.1, 0.15) is 86.0 Å². The van der Waals surface area contributed by atoms with Crippen molar-refractivity contribution in [1.82, 2.24) is 19.9 Å². The average Bonchev–Trinajstić information content (AvgIpc) is 3.16. The Kier molecular flexibility index (Phi) is 5.23. The lowest BCUT2D eigenvalue weighted by molar-refractivity contribution is 0.240. The van der Waals surface area contributed by atoms with Crippen LogP contribution in [0, 0.1) is 0 Å². The van der Waals surface area contributed by atoms with E-state index in [1.165, 1.54) is 41.3 Å². The number of aromatic amines is 2. The van der Waals surface area contributed by atoms with Crippen molar-refractivity contribution >= 4 is 10.9 Å². The second kappa shape index (κ2) is 8.03. The Morgan fingerprint density at radius 3 is 2.83 bits per heavy atom. The van der Waals surface area contributed by atoms with Gasteiger partial charge in [-0.05, 0) is 42.4 Å². The van der Waals surface area contributed by atoms with E-state index < -0.39 is 0 Å². The Hall–Kier alpha value is -2.40. The fourth-order valence-electron chi connectivity index (χ4n) is 5.15. The molecule has 0 amide bonds. The largest absolute Gasteiger partial charge is 0.361 e. The van der Waals surface area contributed by atoms with Crippen molar-refractivity contribution in [3.05, 3.63) is 63.0 Å². The minimum Gasteiger partial charge on any atom is -0.361 e. The van der Waals surface area contributed by atoms with Gasteiger partial charge in [-0.3, -0.25) is 9.69 Å². The second-order valence-corrected chi connectivity index (χ2v) is 9.45. The van der Waals surface area contributed by atoms with Gasteiger partial charge in [-0.25, -0.2) is 4.98 Å². The van der Waals surface area contributed by atoms with Gasteiger partial charge in [0.25, 0.3) is 5.56 Å². The van der Waals surface area contributed by atoms with Gasteiger partial charge in [-0.2, -0.15) is 0 Å². The summed E-state index contributed by atoms with van der Waals surface area (Å²) in [5.74, 6) is 1.88. The van der Waals surface area contributed by atoms with Gasteiger partial charge in [0, 0.05) is 48.2 Å². The molecule has 1 aliphatic heterocycles. The summed E-state index contributed by atoms with van der Waals surface area (Å²) in [7, 11) is 0. The predicted octanol–water partition coefficient (Wildman–Crippen LogP) is 4.98. The third kappa shape index (κ3) is 3.71. The standard InChI is InChI=1S/C25H32N4O/c1-16(2)18-8-9-20-19(13-26-22(20)12-18)14-29-11-10-21-23(15-29)27-24(28-25(21)30)17-6-4-3-5-7-17/h8-9,12-13,16-17,26H,3-7,10-11,14-15H2,1-2H3,(H,27,28,30). The topological polar surface area (TPSA) is 64.8 Å². The molecule has 1 aromatic carbocycles. The number of benzene rings is 1. The van der Waals surface area contributed by atoms with Crippen molar-refractivity contribution < 1.29 is 0 Å². The van der Waals surface area contributed by atoms with E-state index in [0.29, 0.717) is 11.8 Å². The lowest BCUT2D eigenvalue weighted by atomic mass is 9.88. The minimum absolute atomic E-state index is 0.0912. The first kappa shape index (κ1) is 19.6. The van der Waals surface area contributed by atoms with Crippen LogP contribution in [-0.4, -0.2) is 26.4 Å². The van der Waals surface area contributed by atoms with E-state index in [9.17, 15) is 4.79 Å². The van der Waals surface area contributed by atoms with E-state index in [2.05, 4.69) is 53.1 Å². The van der Waals surface area contributed by atoms with Gasteiger partial charge in [0.15, 0.2) is 0 Å². The molecule has 0 unspecified atom stereocenters. The number of rotatable bonds is 4. The van der Waals surface area contributed by atoms with Gasteiger partial charge in [-0.15, -0.1) is 0 Å². The molecule has 5 rings (SSSR count). The third-order valence-electron chi connectivity index (χ3n) is 7.01. The van der Waals surface area contributed by atoms with E-state index in [1.54, 1.807) is 0 Å². The average molecular weight is 405 g/mol. The first-order valence-corrected chi connectivity index (χ1v) is 11.5. The van der Waals surface area contributed by atoms with Gasteiger partial charge in [-0.1, -0.05) is 45.2 Å². The molecule has 158 valence electrons. The fourth-order valence-corrected chi connectivity index (χ4v) is 5.15. The summed E-state index contributed by atoms with van der Waals surface area (Å²) >= 11 is 0. The van der Waals surface area contributed by atoms with Crippen LogP contribution in [0.3, 0.4) is 0 Å². The highest BCUT2D eigenvalue weighted by molar-refractivity contribution is 5.83. The molecule has 2 aliphatic rings. The summed E-state index contributed by atoms with van der Waals surface area (Å²) in [4.78, 5) is 26.7. The first-order valence-electron chi connectivity index (χ1n) is 11.5. The van der Waals surface area contributed by atoms with Crippen LogP contribution in [0.25, 0.3) is 10.9 Å². The maximum absolute atomic E-state index is 12.7. The summed E-state index contributed by atoms with van der Waals surface area (Å²) in [6.07, 6.45) is 9.03. The van der Waals surface area contributed by atoms with Crippen LogP contribution in [0.4, 0.5) is 0 Å². The Labute approximate surface area is 177 Å². The van der Waals surface area contributed by atoms with Crippen LogP contribution in [0.2, 0.25) is 0 Å². The zero-order valence-electron chi connectivity index (χ0n) is 18.1. The molecular formula is C25H32N4O. The molecular weight excluding hydrogens is 372 g/mol. The molecule has 5 heteroatoms. The quantitative estimate of drug-likeness (QED) is 0.644. The Bertz CT molecular complexity index is 1100. The van der Waals surface area contributed by atoms with Gasteiger partial charge < -0.3 is 9.97 Å². The van der Waals surface area contributed by atoms with Crippen LogP contribution in [0.5, 0.6) is 0 Å². The summed E-state index contributed by atoms with van der Waals surface area (Å²) in [5, 5.41) is 1.30. The van der Waals surface area contributed by atoms with Crippen molar-refractivity contribution in [3.8, 4) is 0 Å². The third-order valence-corrected chi connectivity index (χ3v) is 7.01. The van der Waals surface area contributed by atoms with Crippen LogP contribution < -0.4 is 5.56 Å². The summed E-state index contributed by atoms with van der Waals surface area (Å²) in [6.45, 7) is 7.00. The number of aromatic nitrogens is 3. The molecule has 2 N–H and O–H groups in total. The highest BCUT2D eigenvalue weighted by atomic mass is 16.1. The number of hydrogen-bond acceptors (Lipinski definition) is 3. The number of nitrogens with zero attached hydrogens (tertiary/aromatic N) is 2. The minimum atomic E-state index is 0.0912. The Morgan fingerprint density at radius 1 is 1.20 bits per heavy atom. The molecule has 3 aromatic rings. The number of hydrogen-bond donors (Lipinski definition) is 2. The Morgan fingerprint density at radius 2 is 2.03 bits per heavy atom. The maximum Gasteiger partial charge on any atom is 0.254 e. The maximum atomic E-state index is 12.7. The summed E-state index contributed by atoms with van der Waals surface area (Å²) in [6, 6.07) is 6.76. The van der Waals surface area contributed by atoms with Crippen molar-refractivity contribution in [2.75, 3.05) is 6.54 Å². The molecule has 30 heavy (non-hydrogen) atoms. The molecule has 1 aliphatic carbocycles. The van der Waals surface area contributed by atoms with Gasteiger partial charge in [0.05, 0.1) is 5.69 Å². The van der Waals surface area contributed by atoms with Crippen LogP contribution in [-0.2, 0) is 19.5 Å². The summed E-state index contributed by atoms with van der Waals surface area (Å²) in [5.41, 5.74) is 5.87. The monoisotopic (exact) mass is 404 g/mol. The smallest absolute Gasteiger partial charge is 0.254 e. The van der Waals surface area contributed by atoms with E-state index in [0.717, 1.165) is 56.0 Å². The molecule has 5 nitrogen and oxygen atoms in total. The number of fused-ring (bicyclic) bond motifs is 2. The van der Waals surface area contributed by atoms with Crippen LogP contribution in [0.15, 0.2) is 29.2 Å². The molecule has 0 spiro atoms. The predicted molar refractivity (Wildman–Crippen MR) is 121 cm³/mol. The highest BCUT2D eigenvalue weighted by Crippen LogP contribution is 2.31. The van der Waals surface area contributed by atoms with Crippen molar-refractivity contribution in [2.24, 2.45) is 0 Å². The zero-order valence-corrected chi connectivity index (χ0v) is 18.1. The molecule has 0 bridgehead atoms. The van der Waals surface area contributed by atoms with E-state index in [4.69, 9.17) is 4.98 Å². The number of nitrogens with one attached hydrogen (secondary N) is 2. The SMILES string of the molecule is CC(C)c1ccc2c(CN3CCc4c(nc(C5CCCCC5)[nH]c4=O)C3)c[nH]c2c1. The van der Waals surface area contributed by atoms with Gasteiger partial charge in [0.2, 0.25) is 0 Å². The van der Waals surface area contributed by atoms with E-state index in [-0.39, 0.29) is 5.56 Å². The lowest BCUT2D eigenvalue weighted by Gasteiger charge is -2.28. The zero-order chi connectivity index (χ0) is 20.7. The Balaban J connectivity index is 1.37. The number of H-pyrrole nitrogens is 2. The molecule has 2 aromatic heterocycles. The molecule has 0 atom stereocenters. The molecule has 1 saturated carbocycles. The van der Waals surface area contributed by atoms with Crippen molar-refractivity contribution in [3.63, 3.8) is 0 Å². The van der Waals surface area contributed by atoms with Crippen molar-refractivity contribution in [2.45, 2.75) is 77.3 Å². The van der Waals surface area contributed by atoms with Gasteiger partial charge >= 0.3 is 0 Å². The highest BCUT2D eigenvalue weighted by Gasteiger charge is 2.25. The van der Waals surface area contributed by atoms with Crippen LogP contribution >= 0.6 is 0 Å². The second-order valence-electron chi connectivity index (χ2n) is 9.45. The normalized spacial score (nSPS) is 18.2. The van der Waals surface area contributed by atoms with E-state index in [1.807, 2.05) is 0 Å². The molecule has 3 heterocycles. The lowest BCUT2D eigenvalue weighted by Crippen LogP contribution is -2.35. The van der Waals surface area contributed by atoms with E-state index >= 15 is 0 Å². The molecule has 0 saturated heterocycles. The molecule has 1 fully saturated rings. The summed E-state index contributed by atoms with van der Waals surface area (Å²) < 4.78 is 0. The first-order chi connectivity index (χ1) is 14.6. The van der Waals surface area contributed by atoms with Crippen molar-refractivity contribution in [1.29, 1.82) is 0 Å². The molecule has 0 radical (unpaired) electrons. The fraction of sp³-hybridized carbons (Fsp3) is 0.520.